The van der Waals surface area contributed by atoms with Gasteiger partial charge >= 0.3 is 0 Å². The Morgan fingerprint density at radius 1 is 1.36 bits per heavy atom. The Kier molecular flexibility index (Phi) is 7.40. The predicted octanol–water partition coefficient (Wildman–Crippen LogP) is 4.46. The largest absolute Gasteiger partial charge is 0.338 e. The zero-order valence-electron chi connectivity index (χ0n) is 13.6. The molecule has 0 bridgehead atoms. The van der Waals surface area contributed by atoms with Gasteiger partial charge < -0.3 is 4.90 Å². The Balaban J connectivity index is 2.75. The van der Waals surface area contributed by atoms with Crippen LogP contribution in [0.2, 0.25) is 10.0 Å². The quantitative estimate of drug-likeness (QED) is 0.742. The van der Waals surface area contributed by atoms with E-state index in [1.807, 2.05) is 33.8 Å². The number of hydrogen-bond donors (Lipinski definition) is 1. The monoisotopic (exact) mass is 342 g/mol. The van der Waals surface area contributed by atoms with Gasteiger partial charge in [-0.3, -0.25) is 10.1 Å². The van der Waals surface area contributed by atoms with Crippen molar-refractivity contribution in [2.75, 3.05) is 13.1 Å². The molecule has 0 saturated heterocycles. The third-order valence-corrected chi connectivity index (χ3v) is 4.02. The van der Waals surface area contributed by atoms with Gasteiger partial charge in [-0.05, 0) is 45.4 Å². The Hall–Kier alpha value is -1.03. The van der Waals surface area contributed by atoms with Crippen molar-refractivity contribution in [3.8, 4) is 0 Å². The van der Waals surface area contributed by atoms with Crippen LogP contribution in [0.4, 0.5) is 0 Å². The Morgan fingerprint density at radius 2 is 2.00 bits per heavy atom. The molecule has 0 aliphatic heterocycles. The first-order chi connectivity index (χ1) is 10.3. The van der Waals surface area contributed by atoms with Crippen molar-refractivity contribution in [3.63, 3.8) is 0 Å². The third-order valence-electron chi connectivity index (χ3n) is 3.45. The molecule has 1 amide bonds. The molecule has 3 nitrogen and oxygen atoms in total. The summed E-state index contributed by atoms with van der Waals surface area (Å²) in [7, 11) is 0. The highest BCUT2D eigenvalue weighted by atomic mass is 35.5. The van der Waals surface area contributed by atoms with Crippen LogP contribution in [0.15, 0.2) is 30.4 Å². The molecule has 1 aromatic rings. The molecular formula is C17H24Cl2N2O. The smallest absolute Gasteiger partial charge is 0.239 e. The van der Waals surface area contributed by atoms with E-state index in [0.29, 0.717) is 23.1 Å². The predicted molar refractivity (Wildman–Crippen MR) is 94.5 cm³/mol. The lowest BCUT2D eigenvalue weighted by Crippen LogP contribution is -2.46. The van der Waals surface area contributed by atoms with E-state index in [2.05, 4.69) is 11.9 Å². The number of nitrogens with one attached hydrogen (secondary N) is 1. The van der Waals surface area contributed by atoms with Gasteiger partial charge in [0, 0.05) is 29.2 Å². The first-order valence-corrected chi connectivity index (χ1v) is 8.16. The average Bonchev–Trinajstić information content (AvgIpc) is 2.43. The number of halogens is 2. The van der Waals surface area contributed by atoms with Gasteiger partial charge in [-0.1, -0.05) is 41.4 Å². The summed E-state index contributed by atoms with van der Waals surface area (Å²) in [5, 5.41) is 4.50. The molecule has 1 rings (SSSR count). The number of amides is 1. The van der Waals surface area contributed by atoms with E-state index in [1.54, 1.807) is 17.0 Å². The Morgan fingerprint density at radius 3 is 2.50 bits per heavy atom. The summed E-state index contributed by atoms with van der Waals surface area (Å²) >= 11 is 12.1. The second-order valence-corrected chi connectivity index (χ2v) is 6.43. The second kappa shape index (κ2) is 8.56. The van der Waals surface area contributed by atoms with E-state index in [4.69, 9.17) is 23.2 Å². The fraction of sp³-hybridized carbons (Fsp3) is 0.471. The van der Waals surface area contributed by atoms with Crippen molar-refractivity contribution < 1.29 is 4.79 Å². The van der Waals surface area contributed by atoms with Gasteiger partial charge in [0.05, 0.1) is 6.04 Å². The molecule has 0 spiro atoms. The minimum absolute atomic E-state index is 0.0488. The van der Waals surface area contributed by atoms with Crippen LogP contribution in [0.1, 0.15) is 39.3 Å². The fourth-order valence-corrected chi connectivity index (χ4v) is 2.91. The normalized spacial score (nSPS) is 13.5. The molecule has 0 radical (unpaired) electrons. The molecule has 0 fully saturated rings. The summed E-state index contributed by atoms with van der Waals surface area (Å²) in [6, 6.07) is 5.04. The summed E-state index contributed by atoms with van der Waals surface area (Å²) in [4.78, 5) is 14.3. The summed E-state index contributed by atoms with van der Waals surface area (Å²) < 4.78 is 0. The molecule has 5 heteroatoms. The van der Waals surface area contributed by atoms with Crippen molar-refractivity contribution in [2.24, 2.45) is 0 Å². The van der Waals surface area contributed by atoms with Crippen LogP contribution in [-0.4, -0.2) is 29.9 Å². The number of likely N-dealkylation sites (N-methyl/N-ethyl adjacent to an activating group) is 1. The highest BCUT2D eigenvalue weighted by molar-refractivity contribution is 6.35. The molecule has 22 heavy (non-hydrogen) atoms. The standard InChI is InChI=1S/C17H24Cl2N2O/c1-6-21(10-11(2)3)17(22)13(5)20-12(4)15-8-7-14(18)9-16(15)19/h7-9,12-13,20H,2,6,10H2,1,3-5H3. The van der Waals surface area contributed by atoms with Crippen LogP contribution < -0.4 is 5.32 Å². The van der Waals surface area contributed by atoms with Crippen LogP contribution in [0.5, 0.6) is 0 Å². The molecule has 122 valence electrons. The van der Waals surface area contributed by atoms with Crippen molar-refractivity contribution >= 4 is 29.1 Å². The average molecular weight is 343 g/mol. The van der Waals surface area contributed by atoms with E-state index in [0.717, 1.165) is 11.1 Å². The van der Waals surface area contributed by atoms with Crippen molar-refractivity contribution in [1.82, 2.24) is 10.2 Å². The number of carbonyl (C=O) groups excluding carboxylic acids is 1. The highest BCUT2D eigenvalue weighted by Crippen LogP contribution is 2.26. The van der Waals surface area contributed by atoms with Gasteiger partial charge in [0.1, 0.15) is 0 Å². The lowest BCUT2D eigenvalue weighted by Gasteiger charge is -2.27. The second-order valence-electron chi connectivity index (χ2n) is 5.59. The summed E-state index contributed by atoms with van der Waals surface area (Å²) in [6.45, 7) is 12.8. The molecule has 2 atom stereocenters. The van der Waals surface area contributed by atoms with Gasteiger partial charge in [-0.15, -0.1) is 0 Å². The molecule has 0 saturated carbocycles. The Bertz CT molecular complexity index is 545. The summed E-state index contributed by atoms with van der Waals surface area (Å²) in [5.41, 5.74) is 1.89. The van der Waals surface area contributed by atoms with Crippen molar-refractivity contribution in [3.05, 3.63) is 46.0 Å². The van der Waals surface area contributed by atoms with E-state index in [-0.39, 0.29) is 18.0 Å². The van der Waals surface area contributed by atoms with Gasteiger partial charge in [-0.25, -0.2) is 0 Å². The van der Waals surface area contributed by atoms with Crippen LogP contribution in [0.3, 0.4) is 0 Å². The SMILES string of the molecule is C=C(C)CN(CC)C(=O)C(C)NC(C)c1ccc(Cl)cc1Cl. The highest BCUT2D eigenvalue weighted by Gasteiger charge is 2.22. The molecule has 2 unspecified atom stereocenters. The van der Waals surface area contributed by atoms with Gasteiger partial charge in [-0.2, -0.15) is 0 Å². The number of hydrogen-bond acceptors (Lipinski definition) is 2. The molecule has 0 aliphatic rings. The molecule has 1 aromatic carbocycles. The van der Waals surface area contributed by atoms with Crippen LogP contribution in [0.25, 0.3) is 0 Å². The first-order valence-electron chi connectivity index (χ1n) is 7.40. The van der Waals surface area contributed by atoms with E-state index in [1.165, 1.54) is 0 Å². The van der Waals surface area contributed by atoms with Crippen molar-refractivity contribution in [2.45, 2.75) is 39.8 Å². The van der Waals surface area contributed by atoms with Gasteiger partial charge in [0.2, 0.25) is 5.91 Å². The number of carbonyl (C=O) groups is 1. The summed E-state index contributed by atoms with van der Waals surface area (Å²) in [5.74, 6) is 0.0578. The lowest BCUT2D eigenvalue weighted by molar-refractivity contribution is -0.132. The zero-order valence-corrected chi connectivity index (χ0v) is 15.1. The number of rotatable bonds is 7. The van der Waals surface area contributed by atoms with Crippen molar-refractivity contribution in [1.29, 1.82) is 0 Å². The van der Waals surface area contributed by atoms with E-state index in [9.17, 15) is 4.79 Å². The minimum Gasteiger partial charge on any atom is -0.338 e. The maximum absolute atomic E-state index is 12.5. The molecule has 0 aromatic heterocycles. The first kappa shape index (κ1) is 19.0. The summed E-state index contributed by atoms with van der Waals surface area (Å²) in [6.07, 6.45) is 0. The number of nitrogens with zero attached hydrogens (tertiary/aromatic N) is 1. The van der Waals surface area contributed by atoms with E-state index >= 15 is 0 Å². The Labute approximate surface area is 143 Å². The van der Waals surface area contributed by atoms with E-state index < -0.39 is 0 Å². The third kappa shape index (κ3) is 5.31. The van der Waals surface area contributed by atoms with Gasteiger partial charge in [0.15, 0.2) is 0 Å². The zero-order chi connectivity index (χ0) is 16.9. The van der Waals surface area contributed by atoms with Crippen LogP contribution >= 0.6 is 23.2 Å². The van der Waals surface area contributed by atoms with Crippen LogP contribution in [0, 0.1) is 0 Å². The molecule has 1 N–H and O–H groups in total. The fourth-order valence-electron chi connectivity index (χ4n) is 2.33. The maximum Gasteiger partial charge on any atom is 0.239 e. The maximum atomic E-state index is 12.5. The molecular weight excluding hydrogens is 319 g/mol. The molecule has 0 aliphatic carbocycles. The minimum atomic E-state index is -0.305. The molecule has 0 heterocycles. The van der Waals surface area contributed by atoms with Crippen LogP contribution in [-0.2, 0) is 4.79 Å². The topological polar surface area (TPSA) is 32.3 Å². The lowest BCUT2D eigenvalue weighted by atomic mass is 10.1. The number of benzene rings is 1. The van der Waals surface area contributed by atoms with Gasteiger partial charge in [0.25, 0.3) is 0 Å².